The number of aromatic carboxylic acids is 1. The van der Waals surface area contributed by atoms with E-state index in [0.717, 1.165) is 4.31 Å². The lowest BCUT2D eigenvalue weighted by molar-refractivity contribution is 0.0692. The summed E-state index contributed by atoms with van der Waals surface area (Å²) in [5.41, 5.74) is 0.817. The van der Waals surface area contributed by atoms with Crippen LogP contribution < -0.4 is 5.32 Å². The highest BCUT2D eigenvalue weighted by Gasteiger charge is 2.20. The maximum Gasteiger partial charge on any atom is 0.336 e. The van der Waals surface area contributed by atoms with Crippen LogP contribution in [0.5, 0.6) is 0 Å². The summed E-state index contributed by atoms with van der Waals surface area (Å²) < 4.78 is 25.5. The molecule has 0 radical (unpaired) electrons. The summed E-state index contributed by atoms with van der Waals surface area (Å²) in [6.07, 6.45) is 0. The van der Waals surface area contributed by atoms with Crippen LogP contribution in [0, 0.1) is 6.92 Å². The highest BCUT2D eigenvalue weighted by molar-refractivity contribution is 7.89. The number of carboxylic acids is 1. The Labute approximate surface area is 146 Å². The van der Waals surface area contributed by atoms with Gasteiger partial charge >= 0.3 is 5.97 Å². The van der Waals surface area contributed by atoms with E-state index in [1.165, 1.54) is 44.4 Å². The first-order valence-electron chi connectivity index (χ1n) is 7.31. The summed E-state index contributed by atoms with van der Waals surface area (Å²) in [6.45, 7) is 1.71. The van der Waals surface area contributed by atoms with Gasteiger partial charge in [0.2, 0.25) is 10.0 Å². The molecule has 0 spiro atoms. The number of hydrogen-bond acceptors (Lipinski definition) is 4. The first-order chi connectivity index (χ1) is 11.6. The number of rotatable bonds is 5. The summed E-state index contributed by atoms with van der Waals surface area (Å²) in [7, 11) is -0.824. The van der Waals surface area contributed by atoms with Gasteiger partial charge in [-0.25, -0.2) is 17.5 Å². The van der Waals surface area contributed by atoms with Gasteiger partial charge in [0.1, 0.15) is 0 Å². The number of nitrogens with zero attached hydrogens (tertiary/aromatic N) is 1. The molecule has 0 unspecified atom stereocenters. The molecule has 2 aromatic carbocycles. The highest BCUT2D eigenvalue weighted by atomic mass is 32.2. The van der Waals surface area contributed by atoms with Crippen molar-refractivity contribution in [2.24, 2.45) is 0 Å². The smallest absolute Gasteiger partial charge is 0.336 e. The summed E-state index contributed by atoms with van der Waals surface area (Å²) >= 11 is 0. The summed E-state index contributed by atoms with van der Waals surface area (Å²) in [5.74, 6) is -1.84. The predicted molar refractivity (Wildman–Crippen MR) is 93.4 cm³/mol. The Kier molecular flexibility index (Phi) is 5.24. The number of carbonyl (C=O) groups excluding carboxylic acids is 1. The number of aryl methyl sites for hydroxylation is 1. The molecule has 0 aromatic heterocycles. The Morgan fingerprint density at radius 1 is 1.04 bits per heavy atom. The Morgan fingerprint density at radius 3 is 2.20 bits per heavy atom. The molecule has 0 saturated heterocycles. The predicted octanol–water partition coefficient (Wildman–Crippen LogP) is 2.20. The van der Waals surface area contributed by atoms with E-state index in [0.29, 0.717) is 11.3 Å². The van der Waals surface area contributed by atoms with Crippen LogP contribution in [0.4, 0.5) is 5.69 Å². The van der Waals surface area contributed by atoms with Crippen molar-refractivity contribution in [2.45, 2.75) is 11.8 Å². The minimum Gasteiger partial charge on any atom is -0.478 e. The molecule has 1 amide bonds. The minimum atomic E-state index is -3.65. The van der Waals surface area contributed by atoms with E-state index in [4.69, 9.17) is 0 Å². The second-order valence-electron chi connectivity index (χ2n) is 5.57. The molecule has 132 valence electrons. The number of carboxylic acid groups (broad SMARTS) is 1. The average molecular weight is 362 g/mol. The lowest BCUT2D eigenvalue weighted by Crippen LogP contribution is -2.23. The molecule has 0 aliphatic rings. The van der Waals surface area contributed by atoms with Gasteiger partial charge in [-0.3, -0.25) is 4.79 Å². The molecule has 2 rings (SSSR count). The van der Waals surface area contributed by atoms with E-state index in [2.05, 4.69) is 5.32 Å². The lowest BCUT2D eigenvalue weighted by atomic mass is 10.1. The average Bonchev–Trinajstić information content (AvgIpc) is 2.56. The molecule has 0 aliphatic carbocycles. The van der Waals surface area contributed by atoms with E-state index in [1.54, 1.807) is 19.1 Å². The van der Waals surface area contributed by atoms with Gasteiger partial charge in [-0.05, 0) is 36.8 Å². The third-order valence-electron chi connectivity index (χ3n) is 3.64. The van der Waals surface area contributed by atoms with Gasteiger partial charge in [0.15, 0.2) is 0 Å². The molecule has 7 nitrogen and oxygen atoms in total. The second kappa shape index (κ2) is 7.04. The van der Waals surface area contributed by atoms with Crippen LogP contribution in [-0.2, 0) is 10.0 Å². The van der Waals surface area contributed by atoms with Crippen LogP contribution in [0.1, 0.15) is 26.3 Å². The van der Waals surface area contributed by atoms with E-state index >= 15 is 0 Å². The Balaban J connectivity index is 2.41. The van der Waals surface area contributed by atoms with Crippen LogP contribution in [0.3, 0.4) is 0 Å². The number of sulfonamides is 1. The molecule has 0 heterocycles. The van der Waals surface area contributed by atoms with Crippen LogP contribution in [0.25, 0.3) is 0 Å². The fourth-order valence-electron chi connectivity index (χ4n) is 2.16. The van der Waals surface area contributed by atoms with E-state index in [9.17, 15) is 23.1 Å². The fraction of sp³-hybridized carbons (Fsp3) is 0.176. The topological polar surface area (TPSA) is 104 Å². The van der Waals surface area contributed by atoms with Gasteiger partial charge in [-0.15, -0.1) is 0 Å². The number of hydrogen-bond donors (Lipinski definition) is 2. The van der Waals surface area contributed by atoms with Crippen molar-refractivity contribution in [2.75, 3.05) is 19.4 Å². The van der Waals surface area contributed by atoms with Crippen molar-refractivity contribution >= 4 is 27.6 Å². The largest absolute Gasteiger partial charge is 0.478 e. The normalized spacial score (nSPS) is 11.4. The van der Waals surface area contributed by atoms with Crippen LogP contribution in [-0.4, -0.2) is 43.8 Å². The molecule has 0 atom stereocenters. The number of benzene rings is 2. The molecule has 2 N–H and O–H groups in total. The Morgan fingerprint density at radius 2 is 1.64 bits per heavy atom. The van der Waals surface area contributed by atoms with Crippen LogP contribution >= 0.6 is 0 Å². The quantitative estimate of drug-likeness (QED) is 0.848. The zero-order valence-electron chi connectivity index (χ0n) is 14.0. The summed E-state index contributed by atoms with van der Waals surface area (Å²) in [6, 6.07) is 10.2. The zero-order chi connectivity index (χ0) is 18.8. The van der Waals surface area contributed by atoms with E-state index < -0.39 is 21.9 Å². The molecular weight excluding hydrogens is 344 g/mol. The number of anilines is 1. The molecule has 0 saturated carbocycles. The Hall–Kier alpha value is -2.71. The van der Waals surface area contributed by atoms with Gasteiger partial charge < -0.3 is 10.4 Å². The lowest BCUT2D eigenvalue weighted by Gasteiger charge is -2.15. The van der Waals surface area contributed by atoms with Crippen LogP contribution in [0.2, 0.25) is 0 Å². The summed E-state index contributed by atoms with van der Waals surface area (Å²) in [4.78, 5) is 23.7. The SMILES string of the molecule is Cc1ccc(S(=O)(=O)N(C)C)cc1NC(=O)c1ccccc1C(=O)O. The standard InChI is InChI=1S/C17H18N2O5S/c1-11-8-9-12(25(23,24)19(2)3)10-15(11)18-16(20)13-6-4-5-7-14(13)17(21)22/h4-10H,1-3H3,(H,18,20)(H,21,22). The van der Waals surface area contributed by atoms with Gasteiger partial charge in [-0.2, -0.15) is 0 Å². The van der Waals surface area contributed by atoms with Gasteiger partial charge in [0.25, 0.3) is 5.91 Å². The fourth-order valence-corrected chi connectivity index (χ4v) is 3.09. The van der Waals surface area contributed by atoms with Gasteiger partial charge in [-0.1, -0.05) is 18.2 Å². The van der Waals surface area contributed by atoms with E-state index in [-0.39, 0.29) is 16.0 Å². The number of nitrogens with one attached hydrogen (secondary N) is 1. The van der Waals surface area contributed by atoms with Crippen molar-refractivity contribution in [3.63, 3.8) is 0 Å². The Bertz CT molecular complexity index is 936. The number of amides is 1. The molecular formula is C17H18N2O5S. The van der Waals surface area contributed by atoms with Gasteiger partial charge in [0.05, 0.1) is 16.0 Å². The van der Waals surface area contributed by atoms with Crippen molar-refractivity contribution in [3.8, 4) is 0 Å². The van der Waals surface area contributed by atoms with Crippen molar-refractivity contribution < 1.29 is 23.1 Å². The van der Waals surface area contributed by atoms with Crippen molar-refractivity contribution in [1.29, 1.82) is 0 Å². The molecule has 0 fully saturated rings. The first-order valence-corrected chi connectivity index (χ1v) is 8.75. The first kappa shape index (κ1) is 18.6. The van der Waals surface area contributed by atoms with Gasteiger partial charge in [0, 0.05) is 19.8 Å². The maximum absolute atomic E-state index is 12.5. The zero-order valence-corrected chi connectivity index (χ0v) is 14.8. The minimum absolute atomic E-state index is 0.00438. The molecule has 0 bridgehead atoms. The molecule has 2 aromatic rings. The molecule has 8 heteroatoms. The van der Waals surface area contributed by atoms with E-state index in [1.807, 2.05) is 0 Å². The number of carbonyl (C=O) groups is 2. The molecule has 0 aliphatic heterocycles. The highest BCUT2D eigenvalue weighted by Crippen LogP contribution is 2.23. The van der Waals surface area contributed by atoms with Crippen molar-refractivity contribution in [3.05, 3.63) is 59.2 Å². The second-order valence-corrected chi connectivity index (χ2v) is 7.72. The monoisotopic (exact) mass is 362 g/mol. The molecule has 25 heavy (non-hydrogen) atoms. The van der Waals surface area contributed by atoms with Crippen molar-refractivity contribution in [1.82, 2.24) is 4.31 Å². The summed E-state index contributed by atoms with van der Waals surface area (Å²) in [5, 5.41) is 11.8. The third kappa shape index (κ3) is 3.86. The maximum atomic E-state index is 12.5. The van der Waals surface area contributed by atoms with Crippen LogP contribution in [0.15, 0.2) is 47.4 Å². The third-order valence-corrected chi connectivity index (χ3v) is 5.45.